The second-order valence-corrected chi connectivity index (χ2v) is 4.99. The van der Waals surface area contributed by atoms with Crippen molar-refractivity contribution in [3.63, 3.8) is 0 Å². The number of nitrogens with zero attached hydrogens (tertiary/aromatic N) is 1. The Morgan fingerprint density at radius 3 is 2.77 bits per heavy atom. The van der Waals surface area contributed by atoms with E-state index in [1.54, 1.807) is 7.11 Å². The number of benzene rings is 1. The van der Waals surface area contributed by atoms with Gasteiger partial charge in [-0.1, -0.05) is 18.2 Å². The predicted molar refractivity (Wildman–Crippen MR) is 77.6 cm³/mol. The number of rotatable bonds is 7. The van der Waals surface area contributed by atoms with Crippen LogP contribution in [0.15, 0.2) is 24.3 Å². The van der Waals surface area contributed by atoms with E-state index in [2.05, 4.69) is 5.32 Å². The highest BCUT2D eigenvalue weighted by molar-refractivity contribution is 6.04. The van der Waals surface area contributed by atoms with Crippen molar-refractivity contribution in [2.75, 3.05) is 13.7 Å². The summed E-state index contributed by atoms with van der Waals surface area (Å²) in [5, 5.41) is 11.2. The molecule has 0 aromatic heterocycles. The maximum absolute atomic E-state index is 12.1. The van der Waals surface area contributed by atoms with Gasteiger partial charge in [0, 0.05) is 13.0 Å². The van der Waals surface area contributed by atoms with Gasteiger partial charge in [-0.15, -0.1) is 0 Å². The van der Waals surface area contributed by atoms with E-state index >= 15 is 0 Å². The number of hydrogen-bond acceptors (Lipinski definition) is 4. The molecule has 7 heteroatoms. The molecular formula is C15H18N2O5. The summed E-state index contributed by atoms with van der Waals surface area (Å²) in [6.07, 6.45) is 0.428. The number of carbonyl (C=O) groups is 3. The maximum Gasteiger partial charge on any atom is 0.324 e. The number of carboxylic acids is 1. The Hall–Kier alpha value is -2.57. The number of para-hydroxylation sites is 1. The van der Waals surface area contributed by atoms with Crippen LogP contribution >= 0.6 is 0 Å². The van der Waals surface area contributed by atoms with Gasteiger partial charge in [-0.05, 0) is 24.5 Å². The molecule has 0 bridgehead atoms. The van der Waals surface area contributed by atoms with Crippen LogP contribution in [0.4, 0.5) is 4.79 Å². The van der Waals surface area contributed by atoms with Gasteiger partial charge in [-0.3, -0.25) is 14.5 Å². The van der Waals surface area contributed by atoms with Gasteiger partial charge in [0.1, 0.15) is 11.8 Å². The molecule has 118 valence electrons. The number of methoxy groups -OCH3 is 1. The number of imide groups is 1. The Balaban J connectivity index is 1.96. The van der Waals surface area contributed by atoms with E-state index < -0.39 is 18.0 Å². The van der Waals surface area contributed by atoms with E-state index in [0.29, 0.717) is 12.2 Å². The normalized spacial score (nSPS) is 17.5. The van der Waals surface area contributed by atoms with Crippen molar-refractivity contribution in [3.05, 3.63) is 29.8 Å². The van der Waals surface area contributed by atoms with Crippen molar-refractivity contribution < 1.29 is 24.2 Å². The van der Waals surface area contributed by atoms with E-state index in [0.717, 1.165) is 10.5 Å². The van der Waals surface area contributed by atoms with Gasteiger partial charge >= 0.3 is 12.0 Å². The fourth-order valence-electron chi connectivity index (χ4n) is 2.39. The molecular weight excluding hydrogens is 288 g/mol. The van der Waals surface area contributed by atoms with E-state index in [9.17, 15) is 14.4 Å². The second kappa shape index (κ2) is 6.93. The van der Waals surface area contributed by atoms with Crippen molar-refractivity contribution in [1.82, 2.24) is 10.2 Å². The third-order valence-corrected chi connectivity index (χ3v) is 3.55. The highest BCUT2D eigenvalue weighted by atomic mass is 16.5. The van der Waals surface area contributed by atoms with E-state index in [-0.39, 0.29) is 25.3 Å². The Bertz CT molecular complexity index is 587. The van der Waals surface area contributed by atoms with Crippen LogP contribution in [0.5, 0.6) is 5.75 Å². The zero-order valence-electron chi connectivity index (χ0n) is 12.2. The summed E-state index contributed by atoms with van der Waals surface area (Å²) >= 11 is 0. The van der Waals surface area contributed by atoms with Gasteiger partial charge in [-0.25, -0.2) is 4.79 Å². The van der Waals surface area contributed by atoms with Gasteiger partial charge in [-0.2, -0.15) is 0 Å². The number of amides is 3. The fraction of sp³-hybridized carbons (Fsp3) is 0.400. The average molecular weight is 306 g/mol. The van der Waals surface area contributed by atoms with Crippen LogP contribution in [0.3, 0.4) is 0 Å². The van der Waals surface area contributed by atoms with Crippen LogP contribution in [0.25, 0.3) is 0 Å². The van der Waals surface area contributed by atoms with Crippen LogP contribution in [0.1, 0.15) is 18.4 Å². The molecule has 3 amide bonds. The monoisotopic (exact) mass is 306 g/mol. The summed E-state index contributed by atoms with van der Waals surface area (Å²) in [7, 11) is 1.56. The molecule has 0 spiro atoms. The fourth-order valence-corrected chi connectivity index (χ4v) is 2.39. The topological polar surface area (TPSA) is 95.9 Å². The molecule has 1 aromatic rings. The van der Waals surface area contributed by atoms with E-state index in [4.69, 9.17) is 9.84 Å². The summed E-state index contributed by atoms with van der Waals surface area (Å²) in [5.74, 6) is -0.660. The minimum atomic E-state index is -0.991. The first-order valence-electron chi connectivity index (χ1n) is 6.98. The molecule has 1 saturated heterocycles. The Morgan fingerprint density at radius 1 is 1.36 bits per heavy atom. The highest BCUT2D eigenvalue weighted by Crippen LogP contribution is 2.19. The first-order valence-corrected chi connectivity index (χ1v) is 6.98. The van der Waals surface area contributed by atoms with Gasteiger partial charge < -0.3 is 15.2 Å². The molecule has 2 N–H and O–H groups in total. The third-order valence-electron chi connectivity index (χ3n) is 3.55. The lowest BCUT2D eigenvalue weighted by Crippen LogP contribution is -2.33. The molecule has 7 nitrogen and oxygen atoms in total. The molecule has 1 aromatic carbocycles. The van der Waals surface area contributed by atoms with Gasteiger partial charge in [0.05, 0.1) is 7.11 Å². The molecule has 1 aliphatic heterocycles. The number of aliphatic carboxylic acids is 1. The largest absolute Gasteiger partial charge is 0.496 e. The zero-order chi connectivity index (χ0) is 16.1. The summed E-state index contributed by atoms with van der Waals surface area (Å²) in [4.78, 5) is 35.6. The predicted octanol–water partition coefficient (Wildman–Crippen LogP) is 1.02. The Kier molecular flexibility index (Phi) is 4.98. The van der Waals surface area contributed by atoms with Crippen LogP contribution < -0.4 is 10.1 Å². The van der Waals surface area contributed by atoms with Crippen molar-refractivity contribution in [2.24, 2.45) is 0 Å². The lowest BCUT2D eigenvalue weighted by Gasteiger charge is -2.14. The first-order chi connectivity index (χ1) is 10.5. The zero-order valence-corrected chi connectivity index (χ0v) is 12.2. The third kappa shape index (κ3) is 3.55. The lowest BCUT2D eigenvalue weighted by atomic mass is 10.1. The minimum Gasteiger partial charge on any atom is -0.496 e. The smallest absolute Gasteiger partial charge is 0.324 e. The summed E-state index contributed by atoms with van der Waals surface area (Å²) in [5.41, 5.74) is 0.902. The van der Waals surface area contributed by atoms with Crippen molar-refractivity contribution in [1.29, 1.82) is 0 Å². The number of urea groups is 1. The second-order valence-electron chi connectivity index (χ2n) is 4.99. The van der Waals surface area contributed by atoms with Gasteiger partial charge in [0.15, 0.2) is 0 Å². The molecule has 1 heterocycles. The molecule has 0 unspecified atom stereocenters. The molecule has 2 rings (SSSR count). The molecule has 0 radical (unpaired) electrons. The molecule has 0 saturated carbocycles. The number of hydrogen-bond donors (Lipinski definition) is 2. The summed E-state index contributed by atoms with van der Waals surface area (Å²) in [6, 6.07) is 6.17. The first kappa shape index (κ1) is 15.8. The number of nitrogens with one attached hydrogen (secondary N) is 1. The van der Waals surface area contributed by atoms with E-state index in [1.165, 1.54) is 0 Å². The molecule has 1 atom stereocenters. The average Bonchev–Trinajstić information content (AvgIpc) is 2.77. The molecule has 0 aliphatic carbocycles. The van der Waals surface area contributed by atoms with E-state index in [1.807, 2.05) is 24.3 Å². The highest BCUT2D eigenvalue weighted by Gasteiger charge is 2.37. The summed E-state index contributed by atoms with van der Waals surface area (Å²) < 4.78 is 5.23. The molecule has 22 heavy (non-hydrogen) atoms. The van der Waals surface area contributed by atoms with Crippen molar-refractivity contribution in [2.45, 2.75) is 25.3 Å². The number of carboxylic acid groups (broad SMARTS) is 1. The molecule has 1 aliphatic rings. The van der Waals surface area contributed by atoms with Crippen molar-refractivity contribution in [3.8, 4) is 5.75 Å². The number of carbonyl (C=O) groups excluding carboxylic acids is 2. The number of ether oxygens (including phenoxy) is 1. The lowest BCUT2D eigenvalue weighted by molar-refractivity contribution is -0.137. The minimum absolute atomic E-state index is 0.102. The maximum atomic E-state index is 12.1. The van der Waals surface area contributed by atoms with Crippen molar-refractivity contribution >= 4 is 17.9 Å². The van der Waals surface area contributed by atoms with Gasteiger partial charge in [0.2, 0.25) is 0 Å². The quantitative estimate of drug-likeness (QED) is 0.733. The Morgan fingerprint density at radius 2 is 2.09 bits per heavy atom. The van der Waals surface area contributed by atoms with Crippen LogP contribution in [0, 0.1) is 0 Å². The standard InChI is InChI=1S/C15H18N2O5/c1-22-12-5-3-2-4-10(12)8-9-17-14(20)11(16-15(17)21)6-7-13(18)19/h2-5,11H,6-9H2,1H3,(H,16,21)(H,18,19)/t11-/m1/s1. The van der Waals surface area contributed by atoms with Crippen LogP contribution in [-0.2, 0) is 16.0 Å². The SMILES string of the molecule is COc1ccccc1CCN1C(=O)N[C@H](CCC(=O)O)C1=O. The van der Waals surface area contributed by atoms with Crippen LogP contribution in [0.2, 0.25) is 0 Å². The summed E-state index contributed by atoms with van der Waals surface area (Å²) in [6.45, 7) is 0.231. The van der Waals surface area contributed by atoms with Crippen LogP contribution in [-0.4, -0.2) is 47.6 Å². The van der Waals surface area contributed by atoms with Gasteiger partial charge in [0.25, 0.3) is 5.91 Å². The molecule has 1 fully saturated rings. The Labute approximate surface area is 127 Å².